The summed E-state index contributed by atoms with van der Waals surface area (Å²) in [7, 11) is 0. The van der Waals surface area contributed by atoms with Crippen molar-refractivity contribution in [3.05, 3.63) is 33.8 Å². The van der Waals surface area contributed by atoms with E-state index in [-0.39, 0.29) is 5.91 Å². The monoisotopic (exact) mass is 367 g/mol. The lowest BCUT2D eigenvalue weighted by molar-refractivity contribution is -0.0131. The van der Waals surface area contributed by atoms with Crippen LogP contribution in [0.1, 0.15) is 23.2 Å². The molecule has 4 heterocycles. The zero-order valence-corrected chi connectivity index (χ0v) is 15.3. The Hall–Kier alpha value is -0.810. The molecule has 0 N–H and O–H groups in total. The molecule has 4 saturated heterocycles. The van der Waals surface area contributed by atoms with Gasteiger partial charge in [0.1, 0.15) is 0 Å². The largest absolute Gasteiger partial charge is 0.336 e. The number of benzene rings is 1. The SMILES string of the molecule is O=C(c1ccc(Cl)c(Cl)c1)N1CCN([C@@H]2CN3CCC2CC3)CC1. The summed E-state index contributed by atoms with van der Waals surface area (Å²) < 4.78 is 0. The van der Waals surface area contributed by atoms with Crippen molar-refractivity contribution in [1.82, 2.24) is 14.7 Å². The fourth-order valence-electron chi connectivity index (χ4n) is 4.42. The van der Waals surface area contributed by atoms with Crippen LogP contribution in [0.5, 0.6) is 0 Å². The number of carbonyl (C=O) groups is 1. The van der Waals surface area contributed by atoms with Crippen LogP contribution >= 0.6 is 23.2 Å². The Kier molecular flexibility index (Phi) is 4.74. The quantitative estimate of drug-likeness (QED) is 0.803. The fourth-order valence-corrected chi connectivity index (χ4v) is 4.71. The normalized spacial score (nSPS) is 30.6. The van der Waals surface area contributed by atoms with Crippen molar-refractivity contribution in [2.75, 3.05) is 45.8 Å². The molecular formula is C18H23Cl2N3O. The number of hydrogen-bond acceptors (Lipinski definition) is 3. The summed E-state index contributed by atoms with van der Waals surface area (Å²) in [5.74, 6) is 0.912. The average Bonchev–Trinajstić information content (AvgIpc) is 2.64. The molecule has 0 radical (unpaired) electrons. The highest BCUT2D eigenvalue weighted by Crippen LogP contribution is 2.31. The molecule has 6 heteroatoms. The van der Waals surface area contributed by atoms with Crippen LogP contribution in [0.25, 0.3) is 0 Å². The third-order valence-electron chi connectivity index (χ3n) is 5.86. The fraction of sp³-hybridized carbons (Fsp3) is 0.611. The number of amides is 1. The van der Waals surface area contributed by atoms with Crippen LogP contribution in [-0.4, -0.2) is 72.5 Å². The number of fused-ring (bicyclic) bond motifs is 3. The van der Waals surface area contributed by atoms with Gasteiger partial charge >= 0.3 is 0 Å². The first-order valence-corrected chi connectivity index (χ1v) is 9.58. The number of halogens is 2. The Morgan fingerprint density at radius 1 is 0.958 bits per heavy atom. The van der Waals surface area contributed by atoms with Crippen LogP contribution in [0.15, 0.2) is 18.2 Å². The van der Waals surface area contributed by atoms with Crippen molar-refractivity contribution in [3.8, 4) is 0 Å². The molecule has 0 unspecified atom stereocenters. The van der Waals surface area contributed by atoms with Crippen LogP contribution in [0.2, 0.25) is 10.0 Å². The molecule has 4 nitrogen and oxygen atoms in total. The highest BCUT2D eigenvalue weighted by atomic mass is 35.5. The second-order valence-electron chi connectivity index (χ2n) is 7.16. The number of hydrogen-bond donors (Lipinski definition) is 0. The van der Waals surface area contributed by atoms with Gasteiger partial charge in [-0.15, -0.1) is 0 Å². The first kappa shape index (κ1) is 16.6. The lowest BCUT2D eigenvalue weighted by Gasteiger charge is -2.51. The molecule has 5 rings (SSSR count). The van der Waals surface area contributed by atoms with Crippen molar-refractivity contribution in [2.24, 2.45) is 5.92 Å². The molecule has 0 aromatic heterocycles. The molecule has 4 aliphatic rings. The smallest absolute Gasteiger partial charge is 0.253 e. The van der Waals surface area contributed by atoms with Gasteiger partial charge in [-0.3, -0.25) is 9.69 Å². The minimum atomic E-state index is 0.0575. The Morgan fingerprint density at radius 3 is 2.25 bits per heavy atom. The Balaban J connectivity index is 1.37. The molecular weight excluding hydrogens is 345 g/mol. The third kappa shape index (κ3) is 3.17. The zero-order valence-electron chi connectivity index (χ0n) is 13.8. The summed E-state index contributed by atoms with van der Waals surface area (Å²) in [5.41, 5.74) is 0.626. The Bertz CT molecular complexity index is 623. The van der Waals surface area contributed by atoms with Crippen molar-refractivity contribution >= 4 is 29.1 Å². The van der Waals surface area contributed by atoms with E-state index in [2.05, 4.69) is 9.80 Å². The summed E-state index contributed by atoms with van der Waals surface area (Å²) >= 11 is 12.0. The maximum absolute atomic E-state index is 12.7. The van der Waals surface area contributed by atoms with Gasteiger partial charge in [-0.2, -0.15) is 0 Å². The van der Waals surface area contributed by atoms with Gasteiger partial charge < -0.3 is 9.80 Å². The van der Waals surface area contributed by atoms with Gasteiger partial charge in [-0.05, 0) is 50.0 Å². The lowest BCUT2D eigenvalue weighted by atomic mass is 9.83. The van der Waals surface area contributed by atoms with Crippen LogP contribution < -0.4 is 0 Å². The van der Waals surface area contributed by atoms with E-state index >= 15 is 0 Å². The first-order chi connectivity index (χ1) is 11.6. The molecule has 0 spiro atoms. The standard InChI is InChI=1S/C18H23Cl2N3O/c19-15-2-1-14(11-16(15)20)18(24)23-9-7-22(8-10-23)17-12-21-5-3-13(17)4-6-21/h1-2,11,13,17H,3-10,12H2/t17-/m1/s1. The minimum Gasteiger partial charge on any atom is -0.336 e. The predicted octanol–water partition coefficient (Wildman–Crippen LogP) is 2.85. The van der Waals surface area contributed by atoms with E-state index in [9.17, 15) is 4.79 Å². The number of piperazine rings is 1. The van der Waals surface area contributed by atoms with E-state index in [4.69, 9.17) is 23.2 Å². The summed E-state index contributed by atoms with van der Waals surface area (Å²) in [5, 5.41) is 0.925. The summed E-state index contributed by atoms with van der Waals surface area (Å²) in [4.78, 5) is 19.8. The molecule has 0 aliphatic carbocycles. The van der Waals surface area contributed by atoms with Crippen LogP contribution in [-0.2, 0) is 0 Å². The lowest BCUT2D eigenvalue weighted by Crippen LogP contribution is -2.61. The maximum Gasteiger partial charge on any atom is 0.253 e. The minimum absolute atomic E-state index is 0.0575. The summed E-state index contributed by atoms with van der Waals surface area (Å²) in [6.45, 7) is 7.30. The van der Waals surface area contributed by atoms with Gasteiger partial charge in [0.25, 0.3) is 5.91 Å². The van der Waals surface area contributed by atoms with Gasteiger partial charge in [-0.1, -0.05) is 23.2 Å². The van der Waals surface area contributed by atoms with E-state index in [1.165, 1.54) is 32.5 Å². The molecule has 1 aromatic rings. The Labute approximate surface area is 153 Å². The maximum atomic E-state index is 12.7. The van der Waals surface area contributed by atoms with Gasteiger partial charge in [0, 0.05) is 44.3 Å². The molecule has 24 heavy (non-hydrogen) atoms. The van der Waals surface area contributed by atoms with Crippen LogP contribution in [0, 0.1) is 5.92 Å². The molecule has 1 aromatic carbocycles. The number of rotatable bonds is 2. The van der Waals surface area contributed by atoms with Crippen LogP contribution in [0.4, 0.5) is 0 Å². The summed E-state index contributed by atoms with van der Waals surface area (Å²) in [6, 6.07) is 5.82. The third-order valence-corrected chi connectivity index (χ3v) is 6.60. The van der Waals surface area contributed by atoms with Crippen molar-refractivity contribution in [2.45, 2.75) is 18.9 Å². The van der Waals surface area contributed by atoms with Crippen molar-refractivity contribution in [3.63, 3.8) is 0 Å². The van der Waals surface area contributed by atoms with Crippen molar-refractivity contribution < 1.29 is 4.79 Å². The predicted molar refractivity (Wildman–Crippen MR) is 96.9 cm³/mol. The Morgan fingerprint density at radius 2 is 1.67 bits per heavy atom. The second-order valence-corrected chi connectivity index (χ2v) is 7.98. The number of carbonyl (C=O) groups excluding carboxylic acids is 1. The topological polar surface area (TPSA) is 26.8 Å². The first-order valence-electron chi connectivity index (χ1n) is 8.82. The average molecular weight is 368 g/mol. The summed E-state index contributed by atoms with van der Waals surface area (Å²) in [6.07, 6.45) is 2.68. The molecule has 1 atom stereocenters. The molecule has 130 valence electrons. The molecule has 4 aliphatic heterocycles. The molecule has 0 saturated carbocycles. The zero-order chi connectivity index (χ0) is 16.7. The van der Waals surface area contributed by atoms with E-state index in [1.54, 1.807) is 18.2 Å². The van der Waals surface area contributed by atoms with E-state index in [0.29, 0.717) is 21.7 Å². The highest BCUT2D eigenvalue weighted by Gasteiger charge is 2.38. The van der Waals surface area contributed by atoms with Gasteiger partial charge in [0.2, 0.25) is 0 Å². The van der Waals surface area contributed by atoms with E-state index in [1.807, 2.05) is 4.90 Å². The second kappa shape index (κ2) is 6.83. The van der Waals surface area contributed by atoms with E-state index < -0.39 is 0 Å². The highest BCUT2D eigenvalue weighted by molar-refractivity contribution is 6.42. The van der Waals surface area contributed by atoms with E-state index in [0.717, 1.165) is 32.1 Å². The van der Waals surface area contributed by atoms with Gasteiger partial charge in [-0.25, -0.2) is 0 Å². The molecule has 2 bridgehead atoms. The van der Waals surface area contributed by atoms with Gasteiger partial charge in [0.05, 0.1) is 10.0 Å². The number of piperidine rings is 3. The van der Waals surface area contributed by atoms with Gasteiger partial charge in [0.15, 0.2) is 0 Å². The van der Waals surface area contributed by atoms with Crippen LogP contribution in [0.3, 0.4) is 0 Å². The molecule has 1 amide bonds. The number of nitrogens with zero attached hydrogens (tertiary/aromatic N) is 3. The molecule has 4 fully saturated rings. The van der Waals surface area contributed by atoms with Crippen molar-refractivity contribution in [1.29, 1.82) is 0 Å².